The summed E-state index contributed by atoms with van der Waals surface area (Å²) in [7, 11) is 2.24. The number of piperidine rings is 1. The highest BCUT2D eigenvalue weighted by Crippen LogP contribution is 2.32. The van der Waals surface area contributed by atoms with E-state index in [9.17, 15) is 0 Å². The Bertz CT molecular complexity index is 295. The standard InChI is InChI=1S/C15H32N4/c1-5-18-8-6-15(12-16,7-9-18)19-11-10-17(4)14(2,3)13-19/h5-13,16H2,1-4H3. The summed E-state index contributed by atoms with van der Waals surface area (Å²) in [5.41, 5.74) is 6.73. The Morgan fingerprint density at radius 2 is 1.68 bits per heavy atom. The lowest BCUT2D eigenvalue weighted by molar-refractivity contribution is -0.0461. The summed E-state index contributed by atoms with van der Waals surface area (Å²) < 4.78 is 0. The maximum Gasteiger partial charge on any atom is 0.0357 e. The van der Waals surface area contributed by atoms with Crippen LogP contribution in [0.15, 0.2) is 0 Å². The van der Waals surface area contributed by atoms with Crippen LogP contribution < -0.4 is 5.73 Å². The van der Waals surface area contributed by atoms with Gasteiger partial charge < -0.3 is 10.6 Å². The van der Waals surface area contributed by atoms with Crippen molar-refractivity contribution in [2.75, 3.05) is 52.9 Å². The van der Waals surface area contributed by atoms with E-state index in [0.29, 0.717) is 0 Å². The molecule has 112 valence electrons. The van der Waals surface area contributed by atoms with Gasteiger partial charge in [-0.2, -0.15) is 0 Å². The summed E-state index contributed by atoms with van der Waals surface area (Å²) in [6.45, 7) is 14.8. The van der Waals surface area contributed by atoms with Gasteiger partial charge in [-0.15, -0.1) is 0 Å². The van der Waals surface area contributed by atoms with E-state index in [0.717, 1.165) is 19.6 Å². The zero-order valence-electron chi connectivity index (χ0n) is 13.3. The fourth-order valence-corrected chi connectivity index (χ4v) is 3.58. The van der Waals surface area contributed by atoms with E-state index in [1.54, 1.807) is 0 Å². The summed E-state index contributed by atoms with van der Waals surface area (Å²) in [6, 6.07) is 0. The molecular formula is C15H32N4. The lowest BCUT2D eigenvalue weighted by Gasteiger charge is -2.55. The molecule has 4 heteroatoms. The van der Waals surface area contributed by atoms with Gasteiger partial charge in [0.25, 0.3) is 0 Å². The maximum absolute atomic E-state index is 6.21. The first-order chi connectivity index (χ1) is 8.93. The molecule has 4 nitrogen and oxygen atoms in total. The largest absolute Gasteiger partial charge is 0.329 e. The van der Waals surface area contributed by atoms with Crippen molar-refractivity contribution in [1.29, 1.82) is 0 Å². The van der Waals surface area contributed by atoms with Crippen molar-refractivity contribution in [1.82, 2.24) is 14.7 Å². The van der Waals surface area contributed by atoms with Crippen molar-refractivity contribution in [2.45, 2.75) is 44.7 Å². The van der Waals surface area contributed by atoms with E-state index in [1.165, 1.54) is 39.0 Å². The normalized spacial score (nSPS) is 29.5. The van der Waals surface area contributed by atoms with Crippen LogP contribution in [-0.4, -0.2) is 78.6 Å². The number of likely N-dealkylation sites (N-methyl/N-ethyl adjacent to an activating group) is 1. The summed E-state index contributed by atoms with van der Waals surface area (Å²) in [5.74, 6) is 0. The van der Waals surface area contributed by atoms with E-state index in [2.05, 4.69) is 42.5 Å². The van der Waals surface area contributed by atoms with E-state index in [1.807, 2.05) is 0 Å². The predicted molar refractivity (Wildman–Crippen MR) is 81.4 cm³/mol. The average molecular weight is 268 g/mol. The summed E-state index contributed by atoms with van der Waals surface area (Å²) in [5, 5.41) is 0. The van der Waals surface area contributed by atoms with Crippen LogP contribution in [0.2, 0.25) is 0 Å². The lowest BCUT2D eigenvalue weighted by atomic mass is 9.83. The monoisotopic (exact) mass is 268 g/mol. The van der Waals surface area contributed by atoms with Crippen LogP contribution in [0, 0.1) is 0 Å². The SMILES string of the molecule is CCN1CCC(CN)(N2CCN(C)C(C)(C)C2)CC1. The summed E-state index contributed by atoms with van der Waals surface area (Å²) in [4.78, 5) is 7.73. The number of likely N-dealkylation sites (tertiary alicyclic amines) is 1. The molecule has 2 fully saturated rings. The highest BCUT2D eigenvalue weighted by Gasteiger charge is 2.43. The molecule has 2 N–H and O–H groups in total. The van der Waals surface area contributed by atoms with Gasteiger partial charge in [-0.05, 0) is 53.4 Å². The Balaban J connectivity index is 2.06. The molecular weight excluding hydrogens is 236 g/mol. The number of hydrogen-bond acceptors (Lipinski definition) is 4. The van der Waals surface area contributed by atoms with Crippen LogP contribution in [0.5, 0.6) is 0 Å². The molecule has 0 radical (unpaired) electrons. The van der Waals surface area contributed by atoms with E-state index >= 15 is 0 Å². The molecule has 0 bridgehead atoms. The highest BCUT2D eigenvalue weighted by molar-refractivity contribution is 5.01. The van der Waals surface area contributed by atoms with Crippen LogP contribution in [0.4, 0.5) is 0 Å². The van der Waals surface area contributed by atoms with E-state index in [4.69, 9.17) is 5.73 Å². The van der Waals surface area contributed by atoms with Crippen LogP contribution in [0.3, 0.4) is 0 Å². The Hall–Kier alpha value is -0.160. The molecule has 0 spiro atoms. The maximum atomic E-state index is 6.21. The van der Waals surface area contributed by atoms with Gasteiger partial charge in [-0.25, -0.2) is 0 Å². The summed E-state index contributed by atoms with van der Waals surface area (Å²) in [6.07, 6.45) is 2.47. The first kappa shape index (κ1) is 15.2. The minimum atomic E-state index is 0.254. The van der Waals surface area contributed by atoms with Crippen LogP contribution >= 0.6 is 0 Å². The van der Waals surface area contributed by atoms with Gasteiger partial charge in [-0.3, -0.25) is 9.80 Å². The second-order valence-electron chi connectivity index (χ2n) is 7.02. The molecule has 0 aromatic heterocycles. The number of hydrogen-bond donors (Lipinski definition) is 1. The van der Waals surface area contributed by atoms with Crippen molar-refractivity contribution in [3.8, 4) is 0 Å². The third kappa shape index (κ3) is 2.97. The van der Waals surface area contributed by atoms with Gasteiger partial charge in [0.15, 0.2) is 0 Å². The Kier molecular flexibility index (Phi) is 4.56. The van der Waals surface area contributed by atoms with Gasteiger partial charge in [0.2, 0.25) is 0 Å². The molecule has 2 heterocycles. The lowest BCUT2D eigenvalue weighted by Crippen LogP contribution is -2.67. The second kappa shape index (κ2) is 5.68. The molecule has 0 aromatic carbocycles. The first-order valence-electron chi connectivity index (χ1n) is 7.82. The summed E-state index contributed by atoms with van der Waals surface area (Å²) >= 11 is 0. The van der Waals surface area contributed by atoms with Crippen molar-refractivity contribution in [3.05, 3.63) is 0 Å². The van der Waals surface area contributed by atoms with Gasteiger partial charge in [0.05, 0.1) is 0 Å². The zero-order valence-corrected chi connectivity index (χ0v) is 13.3. The molecule has 2 saturated heterocycles. The van der Waals surface area contributed by atoms with Crippen LogP contribution in [-0.2, 0) is 0 Å². The molecule has 0 amide bonds. The number of nitrogens with zero attached hydrogens (tertiary/aromatic N) is 3. The second-order valence-corrected chi connectivity index (χ2v) is 7.02. The van der Waals surface area contributed by atoms with Crippen molar-refractivity contribution in [2.24, 2.45) is 5.73 Å². The van der Waals surface area contributed by atoms with Gasteiger partial charge in [-0.1, -0.05) is 6.92 Å². The van der Waals surface area contributed by atoms with Crippen molar-refractivity contribution < 1.29 is 0 Å². The highest BCUT2D eigenvalue weighted by atomic mass is 15.3. The van der Waals surface area contributed by atoms with E-state index in [-0.39, 0.29) is 11.1 Å². The van der Waals surface area contributed by atoms with Gasteiger partial charge >= 0.3 is 0 Å². The van der Waals surface area contributed by atoms with Crippen molar-refractivity contribution in [3.63, 3.8) is 0 Å². The quantitative estimate of drug-likeness (QED) is 0.822. The number of piperazine rings is 1. The molecule has 0 aliphatic carbocycles. The minimum absolute atomic E-state index is 0.254. The molecule has 0 saturated carbocycles. The van der Waals surface area contributed by atoms with Gasteiger partial charge in [0, 0.05) is 37.3 Å². The first-order valence-corrected chi connectivity index (χ1v) is 7.82. The minimum Gasteiger partial charge on any atom is -0.329 e. The Labute approximate surface area is 118 Å². The molecule has 0 unspecified atom stereocenters. The molecule has 19 heavy (non-hydrogen) atoms. The van der Waals surface area contributed by atoms with Crippen LogP contribution in [0.25, 0.3) is 0 Å². The zero-order chi connectivity index (χ0) is 14.1. The predicted octanol–water partition coefficient (Wildman–Crippen LogP) is 0.826. The van der Waals surface area contributed by atoms with Gasteiger partial charge in [0.1, 0.15) is 0 Å². The third-order valence-electron chi connectivity index (χ3n) is 5.60. The fourth-order valence-electron chi connectivity index (χ4n) is 3.58. The molecule has 2 aliphatic heterocycles. The molecule has 2 rings (SSSR count). The number of nitrogens with two attached hydrogens (primary N) is 1. The van der Waals surface area contributed by atoms with Crippen LogP contribution in [0.1, 0.15) is 33.6 Å². The number of rotatable bonds is 3. The molecule has 0 aromatic rings. The fraction of sp³-hybridized carbons (Fsp3) is 1.00. The Morgan fingerprint density at radius 3 is 2.16 bits per heavy atom. The average Bonchev–Trinajstić information content (AvgIpc) is 2.42. The molecule has 0 atom stereocenters. The topological polar surface area (TPSA) is 35.7 Å². The molecule has 2 aliphatic rings. The van der Waals surface area contributed by atoms with Crippen molar-refractivity contribution >= 4 is 0 Å². The smallest absolute Gasteiger partial charge is 0.0357 e. The Morgan fingerprint density at radius 1 is 1.05 bits per heavy atom. The van der Waals surface area contributed by atoms with E-state index < -0.39 is 0 Å². The third-order valence-corrected chi connectivity index (χ3v) is 5.60.